The summed E-state index contributed by atoms with van der Waals surface area (Å²) in [6.45, 7) is 5.47. The fourth-order valence-electron chi connectivity index (χ4n) is 3.66. The molecule has 142 valence electrons. The Bertz CT molecular complexity index is 748. The molecule has 2 heterocycles. The molecule has 0 aromatic carbocycles. The third-order valence-electron chi connectivity index (χ3n) is 5.04. The number of nitrogens with zero attached hydrogens (tertiary/aromatic N) is 2. The highest BCUT2D eigenvalue weighted by Gasteiger charge is 2.24. The minimum absolute atomic E-state index is 0.0329. The van der Waals surface area contributed by atoms with Crippen LogP contribution in [0.15, 0.2) is 18.3 Å². The van der Waals surface area contributed by atoms with E-state index in [2.05, 4.69) is 10.3 Å². The van der Waals surface area contributed by atoms with Gasteiger partial charge < -0.3 is 19.2 Å². The molecule has 1 amide bonds. The van der Waals surface area contributed by atoms with Crippen LogP contribution in [0.4, 0.5) is 0 Å². The molecule has 6 nitrogen and oxygen atoms in total. The first-order chi connectivity index (χ1) is 12.6. The van der Waals surface area contributed by atoms with Gasteiger partial charge in [0.25, 0.3) is 5.91 Å². The Balaban J connectivity index is 1.53. The van der Waals surface area contributed by atoms with E-state index in [0.717, 1.165) is 62.4 Å². The lowest BCUT2D eigenvalue weighted by molar-refractivity contribution is 0.0131. The molecule has 6 heteroatoms. The lowest BCUT2D eigenvalue weighted by Gasteiger charge is -2.29. The van der Waals surface area contributed by atoms with Crippen molar-refractivity contribution in [1.29, 1.82) is 0 Å². The van der Waals surface area contributed by atoms with Gasteiger partial charge in [-0.05, 0) is 58.1 Å². The number of aromatic nitrogens is 2. The van der Waals surface area contributed by atoms with Crippen LogP contribution in [0.2, 0.25) is 0 Å². The summed E-state index contributed by atoms with van der Waals surface area (Å²) in [5.41, 5.74) is 3.39. The maximum absolute atomic E-state index is 12.7. The molecule has 1 N–H and O–H groups in total. The molecule has 0 unspecified atom stereocenters. The van der Waals surface area contributed by atoms with Crippen LogP contribution in [0.3, 0.4) is 0 Å². The molecule has 1 saturated carbocycles. The van der Waals surface area contributed by atoms with Gasteiger partial charge in [-0.1, -0.05) is 0 Å². The summed E-state index contributed by atoms with van der Waals surface area (Å²) in [5, 5.41) is 3.18. The van der Waals surface area contributed by atoms with Gasteiger partial charge >= 0.3 is 0 Å². The van der Waals surface area contributed by atoms with E-state index in [4.69, 9.17) is 9.47 Å². The average Bonchev–Trinajstić information content (AvgIpc) is 3.04. The summed E-state index contributed by atoms with van der Waals surface area (Å²) < 4.78 is 12.9. The summed E-state index contributed by atoms with van der Waals surface area (Å²) in [6, 6.07) is 4.08. The summed E-state index contributed by atoms with van der Waals surface area (Å²) in [7, 11) is 1.71. The number of nitrogens with one attached hydrogen (secondary N) is 1. The van der Waals surface area contributed by atoms with E-state index in [1.165, 1.54) is 0 Å². The molecule has 0 spiro atoms. The highest BCUT2D eigenvalue weighted by Crippen LogP contribution is 2.22. The van der Waals surface area contributed by atoms with E-state index < -0.39 is 0 Å². The number of ether oxygens (including phenoxy) is 2. The summed E-state index contributed by atoms with van der Waals surface area (Å²) in [5.74, 6) is -0.0329. The Morgan fingerprint density at radius 1 is 1.27 bits per heavy atom. The Labute approximate surface area is 154 Å². The molecular formula is C20H29N3O3. The molecular weight excluding hydrogens is 330 g/mol. The van der Waals surface area contributed by atoms with E-state index >= 15 is 0 Å². The lowest BCUT2D eigenvalue weighted by Crippen LogP contribution is -2.39. The van der Waals surface area contributed by atoms with E-state index in [1.807, 2.05) is 36.6 Å². The SMILES string of the molecule is COCCCO[C@H]1CC[C@H](NC(=O)c2ccn3c(C)cc(C)nc23)CC1. The average molecular weight is 359 g/mol. The van der Waals surface area contributed by atoms with Crippen LogP contribution < -0.4 is 5.32 Å². The Kier molecular flexibility index (Phi) is 6.27. The molecule has 0 atom stereocenters. The minimum atomic E-state index is -0.0329. The first-order valence-electron chi connectivity index (χ1n) is 9.45. The van der Waals surface area contributed by atoms with Crippen LogP contribution in [0.25, 0.3) is 5.65 Å². The molecule has 2 aromatic heterocycles. The molecule has 0 aliphatic heterocycles. The van der Waals surface area contributed by atoms with Gasteiger partial charge in [0.15, 0.2) is 0 Å². The van der Waals surface area contributed by atoms with Gasteiger partial charge in [-0.15, -0.1) is 0 Å². The number of amides is 1. The van der Waals surface area contributed by atoms with Crippen molar-refractivity contribution in [2.24, 2.45) is 0 Å². The second-order valence-electron chi connectivity index (χ2n) is 7.13. The van der Waals surface area contributed by atoms with Crippen molar-refractivity contribution >= 4 is 11.6 Å². The predicted octanol–water partition coefficient (Wildman–Crippen LogP) is 3.05. The standard InChI is InChI=1S/C20H29N3O3/c1-14-13-15(2)23-10-9-18(19(23)21-14)20(24)22-16-5-7-17(8-6-16)26-12-4-11-25-3/h9-10,13,16-17H,4-8,11-12H2,1-3H3,(H,22,24)/t16-,17-. The molecule has 3 rings (SSSR count). The maximum atomic E-state index is 12.7. The Hall–Kier alpha value is -1.92. The van der Waals surface area contributed by atoms with Crippen LogP contribution in [-0.4, -0.2) is 47.8 Å². The summed E-state index contributed by atoms with van der Waals surface area (Å²) >= 11 is 0. The van der Waals surface area contributed by atoms with Crippen LogP contribution in [-0.2, 0) is 9.47 Å². The highest BCUT2D eigenvalue weighted by atomic mass is 16.5. The first kappa shape index (κ1) is 18.9. The molecule has 26 heavy (non-hydrogen) atoms. The van der Waals surface area contributed by atoms with Gasteiger partial charge in [-0.2, -0.15) is 0 Å². The van der Waals surface area contributed by atoms with Gasteiger partial charge in [-0.3, -0.25) is 4.79 Å². The largest absolute Gasteiger partial charge is 0.385 e. The van der Waals surface area contributed by atoms with Crippen molar-refractivity contribution in [3.05, 3.63) is 35.3 Å². The number of fused-ring (bicyclic) bond motifs is 1. The number of methoxy groups -OCH3 is 1. The second kappa shape index (κ2) is 8.64. The lowest BCUT2D eigenvalue weighted by atomic mass is 9.92. The Morgan fingerprint density at radius 3 is 2.77 bits per heavy atom. The number of carbonyl (C=O) groups excluding carboxylic acids is 1. The topological polar surface area (TPSA) is 64.9 Å². The highest BCUT2D eigenvalue weighted by molar-refractivity contribution is 6.00. The van der Waals surface area contributed by atoms with Gasteiger partial charge in [0.2, 0.25) is 0 Å². The van der Waals surface area contributed by atoms with Crippen LogP contribution in [0.1, 0.15) is 53.8 Å². The van der Waals surface area contributed by atoms with E-state index in [1.54, 1.807) is 7.11 Å². The van der Waals surface area contributed by atoms with Gasteiger partial charge in [0, 0.05) is 44.0 Å². The molecule has 0 radical (unpaired) electrons. The zero-order chi connectivity index (χ0) is 18.5. The Morgan fingerprint density at radius 2 is 2.04 bits per heavy atom. The maximum Gasteiger partial charge on any atom is 0.255 e. The number of rotatable bonds is 7. The third kappa shape index (κ3) is 4.43. The van der Waals surface area contributed by atoms with Crippen LogP contribution >= 0.6 is 0 Å². The van der Waals surface area contributed by atoms with Crippen molar-refractivity contribution in [1.82, 2.24) is 14.7 Å². The molecule has 0 saturated heterocycles. The zero-order valence-corrected chi connectivity index (χ0v) is 16.0. The molecule has 1 fully saturated rings. The molecule has 1 aliphatic rings. The van der Waals surface area contributed by atoms with E-state index in [0.29, 0.717) is 11.7 Å². The number of hydrogen-bond acceptors (Lipinski definition) is 4. The van der Waals surface area contributed by atoms with Crippen molar-refractivity contribution < 1.29 is 14.3 Å². The number of carbonyl (C=O) groups is 1. The normalized spacial score (nSPS) is 20.4. The summed E-state index contributed by atoms with van der Waals surface area (Å²) in [4.78, 5) is 17.3. The third-order valence-corrected chi connectivity index (χ3v) is 5.04. The number of hydrogen-bond donors (Lipinski definition) is 1. The van der Waals surface area contributed by atoms with Crippen molar-refractivity contribution in [3.8, 4) is 0 Å². The zero-order valence-electron chi connectivity index (χ0n) is 16.0. The van der Waals surface area contributed by atoms with Gasteiger partial charge in [0.05, 0.1) is 11.7 Å². The predicted molar refractivity (Wildman–Crippen MR) is 101 cm³/mol. The van der Waals surface area contributed by atoms with Crippen LogP contribution in [0, 0.1) is 13.8 Å². The van der Waals surface area contributed by atoms with E-state index in [9.17, 15) is 4.79 Å². The smallest absolute Gasteiger partial charge is 0.255 e. The van der Waals surface area contributed by atoms with E-state index in [-0.39, 0.29) is 11.9 Å². The van der Waals surface area contributed by atoms with Crippen molar-refractivity contribution in [3.63, 3.8) is 0 Å². The van der Waals surface area contributed by atoms with Crippen molar-refractivity contribution in [2.75, 3.05) is 20.3 Å². The van der Waals surface area contributed by atoms with Gasteiger partial charge in [-0.25, -0.2) is 4.98 Å². The summed E-state index contributed by atoms with van der Waals surface area (Å²) in [6.07, 6.45) is 7.05. The quantitative estimate of drug-likeness (QED) is 0.772. The molecule has 2 aromatic rings. The second-order valence-corrected chi connectivity index (χ2v) is 7.13. The fourth-order valence-corrected chi connectivity index (χ4v) is 3.66. The number of aryl methyl sites for hydroxylation is 2. The molecule has 0 bridgehead atoms. The minimum Gasteiger partial charge on any atom is -0.385 e. The first-order valence-corrected chi connectivity index (χ1v) is 9.45. The monoisotopic (exact) mass is 359 g/mol. The molecule has 1 aliphatic carbocycles. The van der Waals surface area contributed by atoms with Gasteiger partial charge in [0.1, 0.15) is 5.65 Å². The van der Waals surface area contributed by atoms with Crippen molar-refractivity contribution in [2.45, 2.75) is 58.1 Å². The fraction of sp³-hybridized carbons (Fsp3) is 0.600. The van der Waals surface area contributed by atoms with Crippen LogP contribution in [0.5, 0.6) is 0 Å².